The van der Waals surface area contributed by atoms with E-state index in [-0.39, 0.29) is 19.7 Å². The van der Waals surface area contributed by atoms with Crippen molar-refractivity contribution in [2.24, 2.45) is 0 Å². The maximum Gasteiger partial charge on any atom is 0.325 e. The highest BCUT2D eigenvalue weighted by Crippen LogP contribution is 2.06. The van der Waals surface area contributed by atoms with Crippen LogP contribution in [0.2, 0.25) is 0 Å². The number of aliphatic hydroxyl groups excluding tert-OH is 1. The normalized spacial score (nSPS) is 9.95. The van der Waals surface area contributed by atoms with Crippen molar-refractivity contribution < 1.29 is 19.8 Å². The fourth-order valence-corrected chi connectivity index (χ4v) is 1.41. The van der Waals surface area contributed by atoms with Crippen LogP contribution in [0.4, 0.5) is 10.5 Å². The van der Waals surface area contributed by atoms with Crippen LogP contribution in [0.1, 0.15) is 0 Å². The number of urea groups is 1. The predicted octanol–water partition coefficient (Wildman–Crippen LogP) is -0.0201. The molecule has 1 aromatic rings. The number of hydrogen-bond acceptors (Lipinski definition) is 4. The molecule has 19 heavy (non-hydrogen) atoms. The van der Waals surface area contributed by atoms with E-state index in [1.165, 1.54) is 22.0 Å². The molecule has 8 nitrogen and oxygen atoms in total. The van der Waals surface area contributed by atoms with E-state index >= 15 is 0 Å². The van der Waals surface area contributed by atoms with E-state index in [2.05, 4.69) is 17.0 Å². The summed E-state index contributed by atoms with van der Waals surface area (Å²) < 4.78 is 1.20. The van der Waals surface area contributed by atoms with Gasteiger partial charge in [-0.25, -0.2) is 4.79 Å². The van der Waals surface area contributed by atoms with Crippen molar-refractivity contribution in [3.8, 4) is 0 Å². The summed E-state index contributed by atoms with van der Waals surface area (Å²) in [6.07, 6.45) is 4.31. The zero-order chi connectivity index (χ0) is 14.3. The smallest absolute Gasteiger partial charge is 0.325 e. The number of anilines is 1. The summed E-state index contributed by atoms with van der Waals surface area (Å²) in [5.74, 6) is -1.02. The third kappa shape index (κ3) is 4.80. The van der Waals surface area contributed by atoms with E-state index in [1.54, 1.807) is 6.08 Å². The number of carboxylic acid groups (broad SMARTS) is 1. The van der Waals surface area contributed by atoms with E-state index in [1.807, 2.05) is 0 Å². The van der Waals surface area contributed by atoms with Gasteiger partial charge in [0.15, 0.2) is 0 Å². The first kappa shape index (κ1) is 14.7. The second-order valence-corrected chi connectivity index (χ2v) is 3.71. The van der Waals surface area contributed by atoms with Crippen molar-refractivity contribution in [3.63, 3.8) is 0 Å². The Kier molecular flexibility index (Phi) is 5.55. The summed E-state index contributed by atoms with van der Waals surface area (Å²) in [4.78, 5) is 23.7. The van der Waals surface area contributed by atoms with Gasteiger partial charge < -0.3 is 20.4 Å². The van der Waals surface area contributed by atoms with Crippen LogP contribution in [0, 0.1) is 0 Å². The molecule has 0 bridgehead atoms. The number of nitrogens with one attached hydrogen (secondary N) is 1. The number of aliphatic carboxylic acids is 1. The van der Waals surface area contributed by atoms with Crippen LogP contribution in [-0.2, 0) is 11.3 Å². The Morgan fingerprint density at radius 3 is 2.89 bits per heavy atom. The van der Waals surface area contributed by atoms with Gasteiger partial charge in [-0.05, 0) is 0 Å². The number of carbonyl (C=O) groups is 2. The van der Waals surface area contributed by atoms with Crippen molar-refractivity contribution in [2.45, 2.75) is 6.54 Å². The first-order chi connectivity index (χ1) is 9.06. The third-order valence-corrected chi connectivity index (χ3v) is 2.19. The van der Waals surface area contributed by atoms with Crippen LogP contribution in [0.5, 0.6) is 0 Å². The van der Waals surface area contributed by atoms with Gasteiger partial charge in [-0.3, -0.25) is 9.48 Å². The Morgan fingerprint density at radius 1 is 1.58 bits per heavy atom. The molecule has 0 aromatic carbocycles. The van der Waals surface area contributed by atoms with Gasteiger partial charge in [0.05, 0.1) is 18.5 Å². The summed E-state index contributed by atoms with van der Waals surface area (Å²) in [6.45, 7) is 3.58. The van der Waals surface area contributed by atoms with Gasteiger partial charge in [0.2, 0.25) is 0 Å². The molecule has 2 amide bonds. The molecular weight excluding hydrogens is 252 g/mol. The van der Waals surface area contributed by atoms with E-state index in [4.69, 9.17) is 10.2 Å². The van der Waals surface area contributed by atoms with Crippen LogP contribution in [-0.4, -0.2) is 56.6 Å². The van der Waals surface area contributed by atoms with Crippen molar-refractivity contribution in [2.75, 3.05) is 25.0 Å². The zero-order valence-corrected chi connectivity index (χ0v) is 10.3. The Morgan fingerprint density at radius 2 is 2.32 bits per heavy atom. The lowest BCUT2D eigenvalue weighted by atomic mass is 10.4. The standard InChI is InChI=1S/C11H16N4O4/c1-2-3-14(4-5-16)11(19)13-9-6-12-15(7-9)8-10(17)18/h2,6-7,16H,1,3-5,8H2,(H,13,19)(H,17,18). The predicted molar refractivity (Wildman–Crippen MR) is 67.7 cm³/mol. The fraction of sp³-hybridized carbons (Fsp3) is 0.364. The van der Waals surface area contributed by atoms with E-state index < -0.39 is 12.0 Å². The average molecular weight is 268 g/mol. The highest BCUT2D eigenvalue weighted by Gasteiger charge is 2.12. The minimum atomic E-state index is -1.02. The molecule has 1 heterocycles. The summed E-state index contributed by atoms with van der Waals surface area (Å²) in [5, 5.41) is 23.8. The second-order valence-electron chi connectivity index (χ2n) is 3.71. The molecule has 104 valence electrons. The molecule has 3 N–H and O–H groups in total. The molecule has 0 fully saturated rings. The first-order valence-electron chi connectivity index (χ1n) is 5.58. The van der Waals surface area contributed by atoms with Crippen LogP contribution in [0.25, 0.3) is 0 Å². The molecule has 0 aliphatic carbocycles. The minimum absolute atomic E-state index is 0.153. The molecule has 0 unspecified atom stereocenters. The number of hydrogen-bond donors (Lipinski definition) is 3. The summed E-state index contributed by atoms with van der Waals surface area (Å²) in [5.41, 5.74) is 0.387. The average Bonchev–Trinajstić information content (AvgIpc) is 2.75. The van der Waals surface area contributed by atoms with Gasteiger partial charge in [0.25, 0.3) is 0 Å². The SMILES string of the molecule is C=CCN(CCO)C(=O)Nc1cnn(CC(=O)O)c1. The van der Waals surface area contributed by atoms with Gasteiger partial charge in [0.1, 0.15) is 6.54 Å². The lowest BCUT2D eigenvalue weighted by molar-refractivity contribution is -0.137. The van der Waals surface area contributed by atoms with Crippen molar-refractivity contribution in [1.29, 1.82) is 0 Å². The van der Waals surface area contributed by atoms with Gasteiger partial charge in [-0.1, -0.05) is 6.08 Å². The van der Waals surface area contributed by atoms with Crippen LogP contribution in [0.3, 0.4) is 0 Å². The van der Waals surface area contributed by atoms with Crippen LogP contribution >= 0.6 is 0 Å². The number of amides is 2. The number of aromatic nitrogens is 2. The number of carboxylic acids is 1. The zero-order valence-electron chi connectivity index (χ0n) is 10.3. The monoisotopic (exact) mass is 268 g/mol. The molecule has 1 aromatic heterocycles. The molecule has 0 aliphatic heterocycles. The van der Waals surface area contributed by atoms with E-state index in [0.29, 0.717) is 12.2 Å². The maximum atomic E-state index is 11.8. The lowest BCUT2D eigenvalue weighted by Crippen LogP contribution is -2.37. The Bertz CT molecular complexity index is 457. The molecule has 0 saturated heterocycles. The Hall–Kier alpha value is -2.35. The number of aliphatic hydroxyl groups is 1. The molecule has 0 radical (unpaired) electrons. The molecule has 0 aliphatic rings. The summed E-state index contributed by atoms with van der Waals surface area (Å²) in [6, 6.07) is -0.413. The highest BCUT2D eigenvalue weighted by atomic mass is 16.4. The van der Waals surface area contributed by atoms with Crippen LogP contribution in [0.15, 0.2) is 25.0 Å². The third-order valence-electron chi connectivity index (χ3n) is 2.19. The van der Waals surface area contributed by atoms with Crippen molar-refractivity contribution in [3.05, 3.63) is 25.0 Å². The van der Waals surface area contributed by atoms with Crippen molar-refractivity contribution in [1.82, 2.24) is 14.7 Å². The second kappa shape index (κ2) is 7.17. The summed E-state index contributed by atoms with van der Waals surface area (Å²) >= 11 is 0. The first-order valence-corrected chi connectivity index (χ1v) is 5.58. The maximum absolute atomic E-state index is 11.8. The Balaban J connectivity index is 2.61. The quantitative estimate of drug-likeness (QED) is 0.602. The lowest BCUT2D eigenvalue weighted by Gasteiger charge is -2.19. The number of carbonyl (C=O) groups excluding carboxylic acids is 1. The number of nitrogens with zero attached hydrogens (tertiary/aromatic N) is 3. The highest BCUT2D eigenvalue weighted by molar-refractivity contribution is 5.89. The molecule has 1 rings (SSSR count). The molecule has 8 heteroatoms. The molecule has 0 atom stereocenters. The van der Waals surface area contributed by atoms with Crippen LogP contribution < -0.4 is 5.32 Å². The Labute approximate surface area is 109 Å². The van der Waals surface area contributed by atoms with E-state index in [9.17, 15) is 9.59 Å². The summed E-state index contributed by atoms with van der Waals surface area (Å²) in [7, 11) is 0. The molecular formula is C11H16N4O4. The molecule has 0 saturated carbocycles. The van der Waals surface area contributed by atoms with E-state index in [0.717, 1.165) is 0 Å². The van der Waals surface area contributed by atoms with Crippen molar-refractivity contribution >= 4 is 17.7 Å². The van der Waals surface area contributed by atoms with Gasteiger partial charge in [-0.2, -0.15) is 5.10 Å². The molecule has 0 spiro atoms. The largest absolute Gasteiger partial charge is 0.480 e. The topological polar surface area (TPSA) is 108 Å². The minimum Gasteiger partial charge on any atom is -0.480 e. The van der Waals surface area contributed by atoms with Gasteiger partial charge in [0, 0.05) is 19.3 Å². The van der Waals surface area contributed by atoms with Gasteiger partial charge in [-0.15, -0.1) is 6.58 Å². The van der Waals surface area contributed by atoms with Gasteiger partial charge >= 0.3 is 12.0 Å². The number of rotatable bonds is 7. The fourth-order valence-electron chi connectivity index (χ4n) is 1.41.